The fraction of sp³-hybridized carbons (Fsp3) is 0.286. The van der Waals surface area contributed by atoms with E-state index in [1.807, 2.05) is 0 Å². The molecule has 0 radical (unpaired) electrons. The Morgan fingerprint density at radius 1 is 1.33 bits per heavy atom. The van der Waals surface area contributed by atoms with Crippen LogP contribution in [0.1, 0.15) is 18.1 Å². The first-order valence-corrected chi connectivity index (χ1v) is 5.89. The van der Waals surface area contributed by atoms with Gasteiger partial charge in [-0.3, -0.25) is 4.79 Å². The first kappa shape index (κ1) is 15.1. The molecule has 21 heavy (non-hydrogen) atoms. The molecule has 1 aliphatic rings. The lowest BCUT2D eigenvalue weighted by atomic mass is 9.91. The molecular formula is C14H11F3O4. The first-order chi connectivity index (χ1) is 9.68. The molecule has 1 aromatic carbocycles. The molecule has 0 aliphatic carbocycles. The minimum atomic E-state index is -4.54. The van der Waals surface area contributed by atoms with Crippen LogP contribution in [0.25, 0.3) is 0 Å². The molecule has 0 aromatic heterocycles. The maximum Gasteiger partial charge on any atom is 0.416 e. The molecule has 0 N–H and O–H groups in total. The summed E-state index contributed by atoms with van der Waals surface area (Å²) in [6.45, 7) is 1.30. The Morgan fingerprint density at radius 3 is 2.57 bits per heavy atom. The van der Waals surface area contributed by atoms with Crippen LogP contribution in [0, 0.1) is 0 Å². The van der Waals surface area contributed by atoms with Crippen molar-refractivity contribution in [2.75, 3.05) is 7.11 Å². The molecule has 1 aromatic rings. The molecular weight excluding hydrogens is 289 g/mol. The molecule has 4 nitrogen and oxygen atoms in total. The van der Waals surface area contributed by atoms with Crippen molar-refractivity contribution >= 4 is 11.8 Å². The van der Waals surface area contributed by atoms with Gasteiger partial charge in [0.15, 0.2) is 5.60 Å². The van der Waals surface area contributed by atoms with E-state index in [0.29, 0.717) is 0 Å². The third-order valence-corrected chi connectivity index (χ3v) is 3.17. The number of hydrogen-bond donors (Lipinski definition) is 0. The van der Waals surface area contributed by atoms with E-state index in [-0.39, 0.29) is 11.3 Å². The molecule has 0 saturated heterocycles. The standard InChI is InChI=1S/C14H11F3O4/c1-13(11(18)7-10(21-13)12(19)20-2)8-4-3-5-9(6-8)14(15,16)17/h3-7H,1-2H3. The van der Waals surface area contributed by atoms with Crippen LogP contribution >= 0.6 is 0 Å². The maximum absolute atomic E-state index is 12.7. The lowest BCUT2D eigenvalue weighted by molar-refractivity contribution is -0.144. The molecule has 2 rings (SSSR count). The summed E-state index contributed by atoms with van der Waals surface area (Å²) in [5.41, 5.74) is -2.56. The number of alkyl halides is 3. The zero-order valence-corrected chi connectivity index (χ0v) is 11.2. The van der Waals surface area contributed by atoms with E-state index in [1.165, 1.54) is 19.1 Å². The van der Waals surface area contributed by atoms with Crippen molar-refractivity contribution in [3.05, 3.63) is 47.2 Å². The van der Waals surface area contributed by atoms with Crippen LogP contribution in [0.2, 0.25) is 0 Å². The second kappa shape index (κ2) is 4.91. The number of carbonyl (C=O) groups excluding carboxylic acids is 2. The summed E-state index contributed by atoms with van der Waals surface area (Å²) in [6, 6.07) is 4.23. The van der Waals surface area contributed by atoms with Crippen LogP contribution < -0.4 is 0 Å². The van der Waals surface area contributed by atoms with E-state index in [1.54, 1.807) is 0 Å². The molecule has 7 heteroatoms. The van der Waals surface area contributed by atoms with E-state index in [9.17, 15) is 22.8 Å². The van der Waals surface area contributed by atoms with Crippen molar-refractivity contribution in [3.63, 3.8) is 0 Å². The number of esters is 1. The van der Waals surface area contributed by atoms with E-state index in [0.717, 1.165) is 25.3 Å². The predicted molar refractivity (Wildman–Crippen MR) is 65.0 cm³/mol. The molecule has 1 atom stereocenters. The second-order valence-corrected chi connectivity index (χ2v) is 4.58. The summed E-state index contributed by atoms with van der Waals surface area (Å²) in [7, 11) is 1.11. The van der Waals surface area contributed by atoms with Crippen molar-refractivity contribution in [2.24, 2.45) is 0 Å². The lowest BCUT2D eigenvalue weighted by Crippen LogP contribution is -2.30. The van der Waals surface area contributed by atoms with Gasteiger partial charge < -0.3 is 9.47 Å². The molecule has 1 heterocycles. The third kappa shape index (κ3) is 2.63. The molecule has 1 unspecified atom stereocenters. The highest BCUT2D eigenvalue weighted by Crippen LogP contribution is 2.38. The minimum Gasteiger partial charge on any atom is -0.467 e. The number of benzene rings is 1. The van der Waals surface area contributed by atoms with Crippen LogP contribution in [0.3, 0.4) is 0 Å². The maximum atomic E-state index is 12.7. The Labute approximate surface area is 118 Å². The number of methoxy groups -OCH3 is 1. The summed E-state index contributed by atoms with van der Waals surface area (Å²) in [6.07, 6.45) is -3.61. The normalized spacial score (nSPS) is 21.8. The Hall–Kier alpha value is -2.31. The van der Waals surface area contributed by atoms with Gasteiger partial charge in [0.05, 0.1) is 12.7 Å². The number of hydrogen-bond acceptors (Lipinski definition) is 4. The number of carbonyl (C=O) groups is 2. The van der Waals surface area contributed by atoms with Gasteiger partial charge in [0.1, 0.15) is 0 Å². The van der Waals surface area contributed by atoms with E-state index in [4.69, 9.17) is 4.74 Å². The average Bonchev–Trinajstić information content (AvgIpc) is 2.74. The SMILES string of the molecule is COC(=O)C1=CC(=O)C(C)(c2cccc(C(F)(F)F)c2)O1. The van der Waals surface area contributed by atoms with Gasteiger partial charge in [-0.1, -0.05) is 12.1 Å². The number of rotatable bonds is 2. The molecule has 1 aliphatic heterocycles. The van der Waals surface area contributed by atoms with Crippen molar-refractivity contribution in [1.29, 1.82) is 0 Å². The van der Waals surface area contributed by atoms with Gasteiger partial charge in [-0.05, 0) is 19.1 Å². The number of ether oxygens (including phenoxy) is 2. The topological polar surface area (TPSA) is 52.6 Å². The van der Waals surface area contributed by atoms with E-state index < -0.39 is 29.1 Å². The van der Waals surface area contributed by atoms with Crippen LogP contribution in [0.4, 0.5) is 13.2 Å². The zero-order valence-electron chi connectivity index (χ0n) is 11.2. The van der Waals surface area contributed by atoms with Crippen LogP contribution in [-0.2, 0) is 30.8 Å². The van der Waals surface area contributed by atoms with Gasteiger partial charge in [0.25, 0.3) is 0 Å². The Bertz CT molecular complexity index is 633. The number of halogens is 3. The Kier molecular flexibility index (Phi) is 3.52. The fourth-order valence-corrected chi connectivity index (χ4v) is 1.95. The monoisotopic (exact) mass is 300 g/mol. The summed E-state index contributed by atoms with van der Waals surface area (Å²) in [5.74, 6) is -1.82. The highest BCUT2D eigenvalue weighted by atomic mass is 19.4. The highest BCUT2D eigenvalue weighted by Gasteiger charge is 2.45. The first-order valence-electron chi connectivity index (χ1n) is 5.89. The van der Waals surface area contributed by atoms with E-state index in [2.05, 4.69) is 4.74 Å². The smallest absolute Gasteiger partial charge is 0.416 e. The van der Waals surface area contributed by atoms with Gasteiger partial charge >= 0.3 is 12.1 Å². The average molecular weight is 300 g/mol. The molecule has 112 valence electrons. The molecule has 0 fully saturated rings. The summed E-state index contributed by atoms with van der Waals surface area (Å²) in [5, 5.41) is 0. The van der Waals surface area contributed by atoms with Crippen molar-refractivity contribution in [1.82, 2.24) is 0 Å². The number of ketones is 1. The third-order valence-electron chi connectivity index (χ3n) is 3.17. The Balaban J connectivity index is 2.39. The van der Waals surface area contributed by atoms with Gasteiger partial charge in [0.2, 0.25) is 11.5 Å². The predicted octanol–water partition coefficient (Wildman–Crippen LogP) is 2.58. The van der Waals surface area contributed by atoms with Crippen molar-refractivity contribution in [2.45, 2.75) is 18.7 Å². The summed E-state index contributed by atoms with van der Waals surface area (Å²) < 4.78 is 47.8. The quantitative estimate of drug-likeness (QED) is 0.788. The van der Waals surface area contributed by atoms with Crippen molar-refractivity contribution in [3.8, 4) is 0 Å². The molecule has 0 bridgehead atoms. The second-order valence-electron chi connectivity index (χ2n) is 4.58. The van der Waals surface area contributed by atoms with Crippen LogP contribution in [0.15, 0.2) is 36.1 Å². The van der Waals surface area contributed by atoms with Gasteiger partial charge in [-0.25, -0.2) is 4.79 Å². The van der Waals surface area contributed by atoms with Crippen molar-refractivity contribution < 1.29 is 32.2 Å². The van der Waals surface area contributed by atoms with E-state index >= 15 is 0 Å². The van der Waals surface area contributed by atoms with Crippen LogP contribution in [0.5, 0.6) is 0 Å². The Morgan fingerprint density at radius 2 is 2.00 bits per heavy atom. The molecule has 0 saturated carbocycles. The zero-order chi connectivity index (χ0) is 15.8. The van der Waals surface area contributed by atoms with Gasteiger partial charge in [-0.2, -0.15) is 13.2 Å². The minimum absolute atomic E-state index is 0.0116. The summed E-state index contributed by atoms with van der Waals surface area (Å²) >= 11 is 0. The molecule has 0 amide bonds. The van der Waals surface area contributed by atoms with Crippen LogP contribution in [-0.4, -0.2) is 18.9 Å². The van der Waals surface area contributed by atoms with Gasteiger partial charge in [0, 0.05) is 11.6 Å². The molecule has 0 spiro atoms. The fourth-order valence-electron chi connectivity index (χ4n) is 1.95. The lowest BCUT2D eigenvalue weighted by Gasteiger charge is -2.24. The largest absolute Gasteiger partial charge is 0.467 e. The highest BCUT2D eigenvalue weighted by molar-refractivity contribution is 6.06. The van der Waals surface area contributed by atoms with Gasteiger partial charge in [-0.15, -0.1) is 0 Å². The summed E-state index contributed by atoms with van der Waals surface area (Å²) in [4.78, 5) is 23.4.